The van der Waals surface area contributed by atoms with Gasteiger partial charge in [-0.15, -0.1) is 0 Å². The van der Waals surface area contributed by atoms with Crippen LogP contribution >= 0.6 is 24.0 Å². The molecular formula is C17H17NO3S2. The third-order valence-corrected chi connectivity index (χ3v) is 5.44. The van der Waals surface area contributed by atoms with E-state index in [4.69, 9.17) is 17.3 Å². The van der Waals surface area contributed by atoms with Crippen LogP contribution in [0.2, 0.25) is 0 Å². The molecule has 0 spiro atoms. The van der Waals surface area contributed by atoms with Crippen molar-refractivity contribution in [1.82, 2.24) is 4.90 Å². The molecular weight excluding hydrogens is 330 g/mol. The number of benzene rings is 1. The standard InChI is InChI=1S/C17H17NO3S2/c19-15(20)5-2-8-18-16(21)14(23-17(18)22)10-11-6-7-12-3-1-4-13(12)9-11/h6-7,9-10H,1-5,8H2,(H,19,20). The van der Waals surface area contributed by atoms with E-state index in [0.717, 1.165) is 18.4 Å². The molecule has 1 aliphatic carbocycles. The number of carboxylic acid groups (broad SMARTS) is 1. The Morgan fingerprint density at radius 2 is 2.13 bits per heavy atom. The maximum atomic E-state index is 12.4. The number of aryl methyl sites for hydroxylation is 2. The van der Waals surface area contributed by atoms with Gasteiger partial charge in [0.1, 0.15) is 4.32 Å². The summed E-state index contributed by atoms with van der Waals surface area (Å²) < 4.78 is 0.507. The number of carboxylic acids is 1. The second-order valence-electron chi connectivity index (χ2n) is 5.71. The Kier molecular flexibility index (Phi) is 4.82. The number of amides is 1. The van der Waals surface area contributed by atoms with Crippen molar-refractivity contribution >= 4 is 46.3 Å². The van der Waals surface area contributed by atoms with Gasteiger partial charge in [-0.25, -0.2) is 0 Å². The molecule has 2 aliphatic rings. The topological polar surface area (TPSA) is 57.6 Å². The first-order valence-corrected chi connectivity index (χ1v) is 8.86. The number of nitrogens with zero attached hydrogens (tertiary/aromatic N) is 1. The number of carbonyl (C=O) groups excluding carboxylic acids is 1. The molecule has 1 fully saturated rings. The smallest absolute Gasteiger partial charge is 0.303 e. The van der Waals surface area contributed by atoms with Crippen LogP contribution in [0.15, 0.2) is 23.1 Å². The molecule has 0 atom stereocenters. The first-order valence-electron chi connectivity index (χ1n) is 7.63. The average molecular weight is 347 g/mol. The lowest BCUT2D eigenvalue weighted by molar-refractivity contribution is -0.137. The van der Waals surface area contributed by atoms with Crippen molar-refractivity contribution in [2.75, 3.05) is 6.54 Å². The molecule has 3 rings (SSSR count). The Morgan fingerprint density at radius 1 is 1.35 bits per heavy atom. The molecule has 6 heteroatoms. The molecule has 4 nitrogen and oxygen atoms in total. The predicted octanol–water partition coefficient (Wildman–Crippen LogP) is 3.24. The van der Waals surface area contributed by atoms with E-state index >= 15 is 0 Å². The number of hydrogen-bond acceptors (Lipinski definition) is 4. The lowest BCUT2D eigenvalue weighted by Gasteiger charge is -2.13. The van der Waals surface area contributed by atoms with E-state index in [1.54, 1.807) is 0 Å². The van der Waals surface area contributed by atoms with E-state index in [2.05, 4.69) is 12.1 Å². The fourth-order valence-electron chi connectivity index (χ4n) is 2.91. The van der Waals surface area contributed by atoms with Crippen molar-refractivity contribution < 1.29 is 14.7 Å². The van der Waals surface area contributed by atoms with Gasteiger partial charge in [-0.1, -0.05) is 42.2 Å². The lowest BCUT2D eigenvalue weighted by atomic mass is 10.1. The van der Waals surface area contributed by atoms with Crippen LogP contribution in [-0.4, -0.2) is 32.7 Å². The highest BCUT2D eigenvalue weighted by Gasteiger charge is 2.31. The second-order valence-corrected chi connectivity index (χ2v) is 7.39. The van der Waals surface area contributed by atoms with Gasteiger partial charge in [0.15, 0.2) is 0 Å². The molecule has 1 saturated heterocycles. The summed E-state index contributed by atoms with van der Waals surface area (Å²) in [6.45, 7) is 0.360. The van der Waals surface area contributed by atoms with Crippen LogP contribution in [0.1, 0.15) is 36.0 Å². The molecule has 0 unspecified atom stereocenters. The molecule has 1 aromatic carbocycles. The van der Waals surface area contributed by atoms with Gasteiger partial charge in [-0.05, 0) is 48.4 Å². The molecule has 1 amide bonds. The number of thiocarbonyl (C=S) groups is 1. The van der Waals surface area contributed by atoms with Gasteiger partial charge in [-0.3, -0.25) is 14.5 Å². The number of fused-ring (bicyclic) bond motifs is 1. The van der Waals surface area contributed by atoms with Crippen molar-refractivity contribution in [2.45, 2.75) is 32.1 Å². The summed E-state index contributed by atoms with van der Waals surface area (Å²) in [5, 5.41) is 8.69. The van der Waals surface area contributed by atoms with E-state index in [0.29, 0.717) is 22.2 Å². The predicted molar refractivity (Wildman–Crippen MR) is 95.2 cm³/mol. The zero-order valence-electron chi connectivity index (χ0n) is 12.6. The Balaban J connectivity index is 1.72. The first kappa shape index (κ1) is 16.2. The van der Waals surface area contributed by atoms with Gasteiger partial charge in [0.25, 0.3) is 5.91 Å². The van der Waals surface area contributed by atoms with Gasteiger partial charge in [0.2, 0.25) is 0 Å². The largest absolute Gasteiger partial charge is 0.481 e. The minimum absolute atomic E-state index is 0.0426. The van der Waals surface area contributed by atoms with Crippen LogP contribution in [0.25, 0.3) is 6.08 Å². The van der Waals surface area contributed by atoms with Crippen molar-refractivity contribution in [2.24, 2.45) is 0 Å². The summed E-state index contributed by atoms with van der Waals surface area (Å²) >= 11 is 6.54. The third-order valence-electron chi connectivity index (χ3n) is 4.07. The van der Waals surface area contributed by atoms with Crippen LogP contribution in [0, 0.1) is 0 Å². The van der Waals surface area contributed by atoms with E-state index in [1.165, 1.54) is 34.2 Å². The summed E-state index contributed by atoms with van der Waals surface area (Å²) in [6, 6.07) is 6.34. The van der Waals surface area contributed by atoms with Gasteiger partial charge in [-0.2, -0.15) is 0 Å². The Hall–Kier alpha value is -1.66. The molecule has 1 heterocycles. The van der Waals surface area contributed by atoms with Crippen LogP contribution < -0.4 is 0 Å². The first-order chi connectivity index (χ1) is 11.0. The van der Waals surface area contributed by atoms with Crippen LogP contribution in [0.3, 0.4) is 0 Å². The Labute approximate surface area is 144 Å². The lowest BCUT2D eigenvalue weighted by Crippen LogP contribution is -2.29. The molecule has 1 N–H and O–H groups in total. The Morgan fingerprint density at radius 3 is 2.91 bits per heavy atom. The highest BCUT2D eigenvalue weighted by molar-refractivity contribution is 8.26. The van der Waals surface area contributed by atoms with Crippen molar-refractivity contribution in [1.29, 1.82) is 0 Å². The summed E-state index contributed by atoms with van der Waals surface area (Å²) in [4.78, 5) is 25.1. The van der Waals surface area contributed by atoms with Crippen molar-refractivity contribution in [3.63, 3.8) is 0 Å². The number of aliphatic carboxylic acids is 1. The van der Waals surface area contributed by atoms with E-state index < -0.39 is 5.97 Å². The maximum absolute atomic E-state index is 12.4. The van der Waals surface area contributed by atoms with Gasteiger partial charge in [0.05, 0.1) is 4.91 Å². The third kappa shape index (κ3) is 3.64. The number of carbonyl (C=O) groups is 2. The molecule has 0 radical (unpaired) electrons. The molecule has 0 aromatic heterocycles. The summed E-state index contributed by atoms with van der Waals surface area (Å²) in [5.74, 6) is -0.977. The molecule has 23 heavy (non-hydrogen) atoms. The zero-order valence-corrected chi connectivity index (χ0v) is 14.2. The van der Waals surface area contributed by atoms with Gasteiger partial charge < -0.3 is 5.11 Å². The molecule has 1 aliphatic heterocycles. The fraction of sp³-hybridized carbons (Fsp3) is 0.353. The van der Waals surface area contributed by atoms with Gasteiger partial charge in [0, 0.05) is 13.0 Å². The van der Waals surface area contributed by atoms with Crippen molar-refractivity contribution in [3.05, 3.63) is 39.8 Å². The SMILES string of the molecule is O=C(O)CCCN1C(=O)C(=Cc2ccc3c(c2)CCC3)SC1=S. The number of hydrogen-bond donors (Lipinski definition) is 1. The maximum Gasteiger partial charge on any atom is 0.303 e. The summed E-state index contributed by atoms with van der Waals surface area (Å²) in [6.07, 6.45) is 5.78. The number of thioether (sulfide) groups is 1. The Bertz CT molecular complexity index is 712. The molecule has 0 saturated carbocycles. The van der Waals surface area contributed by atoms with Crippen molar-refractivity contribution in [3.8, 4) is 0 Å². The van der Waals surface area contributed by atoms with Crippen LogP contribution in [0.5, 0.6) is 0 Å². The van der Waals surface area contributed by atoms with Gasteiger partial charge >= 0.3 is 5.97 Å². The van der Waals surface area contributed by atoms with E-state index in [-0.39, 0.29) is 12.3 Å². The normalized spacial score (nSPS) is 18.8. The minimum atomic E-state index is -0.857. The number of rotatable bonds is 5. The molecule has 120 valence electrons. The second kappa shape index (κ2) is 6.84. The van der Waals surface area contributed by atoms with Crippen LogP contribution in [-0.2, 0) is 22.4 Å². The highest BCUT2D eigenvalue weighted by atomic mass is 32.2. The molecule has 1 aromatic rings. The summed E-state index contributed by atoms with van der Waals surface area (Å²) in [7, 11) is 0. The minimum Gasteiger partial charge on any atom is -0.481 e. The highest BCUT2D eigenvalue weighted by Crippen LogP contribution is 2.33. The molecule has 0 bridgehead atoms. The average Bonchev–Trinajstić information content (AvgIpc) is 3.06. The monoisotopic (exact) mass is 347 g/mol. The zero-order chi connectivity index (χ0) is 16.4. The van der Waals surface area contributed by atoms with E-state index in [9.17, 15) is 9.59 Å². The van der Waals surface area contributed by atoms with Crippen LogP contribution in [0.4, 0.5) is 0 Å². The van der Waals surface area contributed by atoms with E-state index in [1.807, 2.05) is 12.1 Å². The quantitative estimate of drug-likeness (QED) is 0.654. The summed E-state index contributed by atoms with van der Waals surface area (Å²) in [5.41, 5.74) is 3.80. The fourth-order valence-corrected chi connectivity index (χ4v) is 4.22.